The fourth-order valence-corrected chi connectivity index (χ4v) is 4.20. The summed E-state index contributed by atoms with van der Waals surface area (Å²) in [5.74, 6) is 0.861. The molecule has 2 heterocycles. The first-order valence-corrected chi connectivity index (χ1v) is 9.78. The Hall–Kier alpha value is -2.05. The standard InChI is InChI=1S/C18H19N3OS2/c1-11-7-20-9-14-15(11)16(19)17(24-14)18(22)21-8-12-3-5-13(6-4-12)10-23-2/h3-7,9H,8,10,19H2,1-2H3,(H,21,22). The molecule has 124 valence electrons. The number of amides is 1. The molecular formula is C18H19N3OS2. The number of rotatable bonds is 5. The third-order valence-electron chi connectivity index (χ3n) is 3.82. The normalized spacial score (nSPS) is 10.9. The molecule has 0 saturated heterocycles. The number of nitrogens with two attached hydrogens (primary N) is 1. The molecule has 4 nitrogen and oxygen atoms in total. The molecule has 0 aliphatic carbocycles. The Balaban J connectivity index is 1.73. The van der Waals surface area contributed by atoms with Crippen LogP contribution in [0.3, 0.4) is 0 Å². The summed E-state index contributed by atoms with van der Waals surface area (Å²) < 4.78 is 0.944. The Kier molecular flexibility index (Phi) is 5.06. The van der Waals surface area contributed by atoms with Crippen molar-refractivity contribution in [2.45, 2.75) is 19.2 Å². The molecule has 3 aromatic rings. The minimum Gasteiger partial charge on any atom is -0.397 e. The average molecular weight is 358 g/mol. The van der Waals surface area contributed by atoms with Crippen LogP contribution in [-0.2, 0) is 12.3 Å². The lowest BCUT2D eigenvalue weighted by Crippen LogP contribution is -2.22. The van der Waals surface area contributed by atoms with E-state index < -0.39 is 0 Å². The fourth-order valence-electron chi connectivity index (χ4n) is 2.59. The summed E-state index contributed by atoms with van der Waals surface area (Å²) in [5, 5.41) is 3.89. The molecule has 0 bridgehead atoms. The van der Waals surface area contributed by atoms with Crippen LogP contribution in [0.2, 0.25) is 0 Å². The number of fused-ring (bicyclic) bond motifs is 1. The van der Waals surface area contributed by atoms with Crippen molar-refractivity contribution >= 4 is 44.8 Å². The van der Waals surface area contributed by atoms with Crippen molar-refractivity contribution in [1.29, 1.82) is 0 Å². The van der Waals surface area contributed by atoms with E-state index in [-0.39, 0.29) is 5.91 Å². The van der Waals surface area contributed by atoms with Gasteiger partial charge in [-0.15, -0.1) is 11.3 Å². The van der Waals surface area contributed by atoms with E-state index in [0.29, 0.717) is 17.1 Å². The van der Waals surface area contributed by atoms with Gasteiger partial charge in [-0.05, 0) is 29.9 Å². The van der Waals surface area contributed by atoms with Crippen LogP contribution in [0.1, 0.15) is 26.4 Å². The number of carbonyl (C=O) groups is 1. The van der Waals surface area contributed by atoms with E-state index in [4.69, 9.17) is 5.73 Å². The van der Waals surface area contributed by atoms with Crippen LogP contribution in [0.5, 0.6) is 0 Å². The summed E-state index contributed by atoms with van der Waals surface area (Å²) in [4.78, 5) is 17.2. The van der Waals surface area contributed by atoms with E-state index >= 15 is 0 Å². The van der Waals surface area contributed by atoms with Crippen LogP contribution in [-0.4, -0.2) is 17.1 Å². The number of aryl methyl sites for hydroxylation is 1. The summed E-state index contributed by atoms with van der Waals surface area (Å²) in [6, 6.07) is 8.30. The number of thioether (sulfide) groups is 1. The molecule has 0 aliphatic heterocycles. The average Bonchev–Trinajstić information content (AvgIpc) is 2.92. The van der Waals surface area contributed by atoms with Gasteiger partial charge in [0.05, 0.1) is 10.4 Å². The van der Waals surface area contributed by atoms with E-state index in [0.717, 1.165) is 27.0 Å². The number of nitrogens with one attached hydrogen (secondary N) is 1. The maximum atomic E-state index is 12.5. The van der Waals surface area contributed by atoms with E-state index in [1.54, 1.807) is 24.2 Å². The Morgan fingerprint density at radius 2 is 1.96 bits per heavy atom. The number of thiophene rings is 1. The smallest absolute Gasteiger partial charge is 0.263 e. The molecule has 0 unspecified atom stereocenters. The van der Waals surface area contributed by atoms with Crippen LogP contribution in [0.15, 0.2) is 36.7 Å². The molecule has 1 amide bonds. The van der Waals surface area contributed by atoms with Crippen LogP contribution in [0.4, 0.5) is 5.69 Å². The first-order chi connectivity index (χ1) is 11.6. The number of benzene rings is 1. The van der Waals surface area contributed by atoms with Gasteiger partial charge in [0.1, 0.15) is 4.88 Å². The second-order valence-corrected chi connectivity index (χ2v) is 7.52. The zero-order valence-electron chi connectivity index (χ0n) is 13.6. The highest BCUT2D eigenvalue weighted by atomic mass is 32.2. The third-order valence-corrected chi connectivity index (χ3v) is 5.58. The zero-order valence-corrected chi connectivity index (χ0v) is 15.3. The van der Waals surface area contributed by atoms with Crippen molar-refractivity contribution in [3.63, 3.8) is 0 Å². The van der Waals surface area contributed by atoms with Crippen LogP contribution in [0.25, 0.3) is 10.1 Å². The largest absolute Gasteiger partial charge is 0.397 e. The number of carbonyl (C=O) groups excluding carboxylic acids is 1. The van der Waals surface area contributed by atoms with Gasteiger partial charge in [0.25, 0.3) is 5.91 Å². The van der Waals surface area contributed by atoms with Gasteiger partial charge in [0, 0.05) is 30.1 Å². The molecule has 0 aliphatic rings. The molecular weight excluding hydrogens is 338 g/mol. The number of hydrogen-bond acceptors (Lipinski definition) is 5. The molecule has 0 fully saturated rings. The monoisotopic (exact) mass is 357 g/mol. The molecule has 1 aromatic carbocycles. The topological polar surface area (TPSA) is 68.0 Å². The predicted octanol–water partition coefficient (Wildman–Crippen LogP) is 3.98. The Morgan fingerprint density at radius 3 is 2.62 bits per heavy atom. The Morgan fingerprint density at radius 1 is 1.25 bits per heavy atom. The summed E-state index contributed by atoms with van der Waals surface area (Å²) in [6.07, 6.45) is 5.61. The molecule has 0 saturated carbocycles. The lowest BCUT2D eigenvalue weighted by atomic mass is 10.1. The van der Waals surface area contributed by atoms with Gasteiger partial charge in [-0.1, -0.05) is 24.3 Å². The summed E-state index contributed by atoms with van der Waals surface area (Å²) in [5.41, 5.74) is 10.1. The first-order valence-electron chi connectivity index (χ1n) is 7.57. The van der Waals surface area contributed by atoms with Crippen molar-refractivity contribution in [2.75, 3.05) is 12.0 Å². The molecule has 6 heteroatoms. The quantitative estimate of drug-likeness (QED) is 0.725. The van der Waals surface area contributed by atoms with E-state index in [1.807, 2.05) is 19.1 Å². The van der Waals surface area contributed by atoms with Crippen LogP contribution >= 0.6 is 23.1 Å². The van der Waals surface area contributed by atoms with E-state index in [1.165, 1.54) is 16.9 Å². The molecule has 24 heavy (non-hydrogen) atoms. The Labute approximate surface area is 149 Å². The molecule has 2 aromatic heterocycles. The summed E-state index contributed by atoms with van der Waals surface area (Å²) in [6.45, 7) is 2.44. The van der Waals surface area contributed by atoms with E-state index in [2.05, 4.69) is 28.7 Å². The van der Waals surface area contributed by atoms with Gasteiger partial charge in [0.15, 0.2) is 0 Å². The summed E-state index contributed by atoms with van der Waals surface area (Å²) in [7, 11) is 0. The SMILES string of the molecule is CSCc1ccc(CNC(=O)c2sc3cncc(C)c3c2N)cc1. The summed E-state index contributed by atoms with van der Waals surface area (Å²) >= 11 is 3.18. The fraction of sp³-hybridized carbons (Fsp3) is 0.222. The Bertz CT molecular complexity index is 872. The third kappa shape index (κ3) is 3.39. The number of hydrogen-bond donors (Lipinski definition) is 2. The molecule has 3 N–H and O–H groups in total. The van der Waals surface area contributed by atoms with Crippen molar-refractivity contribution in [2.24, 2.45) is 0 Å². The van der Waals surface area contributed by atoms with Crippen molar-refractivity contribution < 1.29 is 4.79 Å². The minimum absolute atomic E-state index is 0.138. The maximum Gasteiger partial charge on any atom is 0.263 e. The lowest BCUT2D eigenvalue weighted by molar-refractivity contribution is 0.0956. The number of aromatic nitrogens is 1. The highest BCUT2D eigenvalue weighted by molar-refractivity contribution is 7.97. The van der Waals surface area contributed by atoms with Crippen LogP contribution < -0.4 is 11.1 Å². The number of nitrogens with zero attached hydrogens (tertiary/aromatic N) is 1. The molecule has 0 radical (unpaired) electrons. The van der Waals surface area contributed by atoms with Crippen LogP contribution in [0, 0.1) is 6.92 Å². The number of nitrogen functional groups attached to an aromatic ring is 1. The highest BCUT2D eigenvalue weighted by Gasteiger charge is 2.17. The van der Waals surface area contributed by atoms with Crippen molar-refractivity contribution in [1.82, 2.24) is 10.3 Å². The van der Waals surface area contributed by atoms with Gasteiger partial charge in [-0.25, -0.2) is 0 Å². The zero-order chi connectivity index (χ0) is 17.1. The van der Waals surface area contributed by atoms with Gasteiger partial charge < -0.3 is 11.1 Å². The van der Waals surface area contributed by atoms with Gasteiger partial charge in [-0.3, -0.25) is 9.78 Å². The van der Waals surface area contributed by atoms with Crippen molar-refractivity contribution in [3.8, 4) is 0 Å². The van der Waals surface area contributed by atoms with E-state index in [9.17, 15) is 4.79 Å². The van der Waals surface area contributed by atoms with Crippen molar-refractivity contribution in [3.05, 3.63) is 58.2 Å². The maximum absolute atomic E-state index is 12.5. The number of pyridine rings is 1. The number of anilines is 1. The molecule has 3 rings (SSSR count). The minimum atomic E-state index is -0.138. The van der Waals surface area contributed by atoms with Gasteiger partial charge >= 0.3 is 0 Å². The molecule has 0 atom stereocenters. The lowest BCUT2D eigenvalue weighted by Gasteiger charge is -2.06. The molecule has 0 spiro atoms. The second kappa shape index (κ2) is 7.23. The highest BCUT2D eigenvalue weighted by Crippen LogP contribution is 2.34. The first kappa shape index (κ1) is 16.8. The predicted molar refractivity (Wildman–Crippen MR) is 104 cm³/mol. The van der Waals surface area contributed by atoms with Gasteiger partial charge in [-0.2, -0.15) is 11.8 Å². The van der Waals surface area contributed by atoms with Gasteiger partial charge in [0.2, 0.25) is 0 Å². The second-order valence-electron chi connectivity index (χ2n) is 5.61.